The number of H-pyrrole nitrogens is 2. The molecule has 14 heteroatoms. The van der Waals surface area contributed by atoms with Crippen LogP contribution in [0.2, 0.25) is 0 Å². The van der Waals surface area contributed by atoms with Gasteiger partial charge in [-0.25, -0.2) is 9.97 Å². The van der Waals surface area contributed by atoms with E-state index in [-0.39, 0.29) is 11.4 Å². The van der Waals surface area contributed by atoms with Crippen molar-refractivity contribution in [3.8, 4) is 68.0 Å². The summed E-state index contributed by atoms with van der Waals surface area (Å²) < 4.78 is 99.0. The molecule has 0 saturated heterocycles. The van der Waals surface area contributed by atoms with Gasteiger partial charge in [-0.05, 0) is 97.1 Å². The molecule has 2 N–H and O–H groups in total. The molecule has 2 heterocycles. The van der Waals surface area contributed by atoms with Crippen molar-refractivity contribution >= 4 is 0 Å². The fourth-order valence-corrected chi connectivity index (χ4v) is 4.86. The fourth-order valence-electron chi connectivity index (χ4n) is 4.86. The van der Waals surface area contributed by atoms with Crippen LogP contribution in [0.25, 0.3) is 45.0 Å². The van der Waals surface area contributed by atoms with E-state index >= 15 is 0 Å². The summed E-state index contributed by atoms with van der Waals surface area (Å²) in [7, 11) is 6.09. The van der Waals surface area contributed by atoms with Crippen LogP contribution >= 0.6 is 0 Å². The molecule has 0 amide bonds. The number of hydrogen-bond donors (Lipinski definition) is 2. The molecule has 50 heavy (non-hydrogen) atoms. The van der Waals surface area contributed by atoms with Crippen molar-refractivity contribution < 1.29 is 45.3 Å². The van der Waals surface area contributed by atoms with Gasteiger partial charge in [0.05, 0.1) is 51.2 Å². The zero-order chi connectivity index (χ0) is 36.1. The highest BCUT2D eigenvalue weighted by molar-refractivity contribution is 5.80. The number of aromatic amines is 2. The molecule has 0 fully saturated rings. The maximum Gasteiger partial charge on any atom is 0.449 e. The molecule has 0 saturated carbocycles. The van der Waals surface area contributed by atoms with Gasteiger partial charge in [-0.1, -0.05) is 0 Å². The third-order valence-corrected chi connectivity index (χ3v) is 7.43. The number of ether oxygens (including phenoxy) is 4. The lowest BCUT2D eigenvalue weighted by Crippen LogP contribution is -2.07. The van der Waals surface area contributed by atoms with Gasteiger partial charge < -0.3 is 28.9 Å². The minimum Gasteiger partial charge on any atom is -0.497 e. The Bertz CT molecular complexity index is 1720. The van der Waals surface area contributed by atoms with Gasteiger partial charge in [0.1, 0.15) is 23.0 Å². The molecule has 0 spiro atoms. The maximum absolute atomic E-state index is 13.1. The van der Waals surface area contributed by atoms with Gasteiger partial charge in [0.25, 0.3) is 0 Å². The largest absolute Gasteiger partial charge is 0.497 e. The first kappa shape index (κ1) is 35.4. The zero-order valence-electron chi connectivity index (χ0n) is 27.0. The van der Waals surface area contributed by atoms with E-state index in [1.54, 1.807) is 97.1 Å². The average molecular weight is 697 g/mol. The van der Waals surface area contributed by atoms with E-state index in [2.05, 4.69) is 19.9 Å². The Labute approximate surface area is 282 Å². The molecule has 0 unspecified atom stereocenters. The summed E-state index contributed by atoms with van der Waals surface area (Å²) in [6.45, 7) is 0. The number of benzene rings is 4. The molecule has 0 aliphatic heterocycles. The summed E-state index contributed by atoms with van der Waals surface area (Å²) in [5.74, 6) is 0.381. The second-order valence-electron chi connectivity index (χ2n) is 10.5. The van der Waals surface area contributed by atoms with Crippen LogP contribution in [0.1, 0.15) is 11.6 Å². The first-order valence-corrected chi connectivity index (χ1v) is 14.8. The lowest BCUT2D eigenvalue weighted by atomic mass is 10.0. The molecule has 0 aliphatic carbocycles. The molecule has 4 aromatic carbocycles. The minimum atomic E-state index is -4.56. The Kier molecular flexibility index (Phi) is 10.4. The summed E-state index contributed by atoms with van der Waals surface area (Å²) in [6.07, 6.45) is -9.13. The highest BCUT2D eigenvalue weighted by Crippen LogP contribution is 2.38. The topological polar surface area (TPSA) is 94.3 Å². The van der Waals surface area contributed by atoms with Crippen molar-refractivity contribution in [1.82, 2.24) is 19.9 Å². The van der Waals surface area contributed by atoms with Gasteiger partial charge in [-0.2, -0.15) is 26.3 Å². The number of rotatable bonds is 8. The van der Waals surface area contributed by atoms with Gasteiger partial charge in [0.15, 0.2) is 0 Å². The van der Waals surface area contributed by atoms with Crippen LogP contribution in [0, 0.1) is 0 Å². The Balaban J connectivity index is 0.000000194. The molecule has 260 valence electrons. The summed E-state index contributed by atoms with van der Waals surface area (Å²) in [5, 5.41) is 0. The number of methoxy groups -OCH3 is 4. The molecule has 0 radical (unpaired) electrons. The summed E-state index contributed by atoms with van der Waals surface area (Å²) in [4.78, 5) is 12.3. The standard InChI is InChI=1S/2C18H15F3N2O2/c2*1-24-13-7-3-11(4-8-13)15-16(23-17(22-15)18(19,20)21)12-5-9-14(25-2)10-6-12/h2*3-10H,1-2H3,(H,22,23). The second kappa shape index (κ2) is 14.7. The predicted molar refractivity (Wildman–Crippen MR) is 175 cm³/mol. The van der Waals surface area contributed by atoms with Crippen LogP contribution in [0.3, 0.4) is 0 Å². The number of alkyl halides is 6. The Morgan fingerprint density at radius 1 is 0.400 bits per heavy atom. The average Bonchev–Trinajstić information content (AvgIpc) is 3.79. The van der Waals surface area contributed by atoms with Crippen LogP contribution in [-0.4, -0.2) is 48.4 Å². The lowest BCUT2D eigenvalue weighted by Gasteiger charge is -2.06. The zero-order valence-corrected chi connectivity index (χ0v) is 27.0. The normalized spacial score (nSPS) is 11.4. The Morgan fingerprint density at radius 3 is 0.860 bits per heavy atom. The molecule has 8 nitrogen and oxygen atoms in total. The van der Waals surface area contributed by atoms with E-state index in [0.29, 0.717) is 56.6 Å². The highest BCUT2D eigenvalue weighted by Gasteiger charge is 2.37. The van der Waals surface area contributed by atoms with Gasteiger partial charge in [0, 0.05) is 22.3 Å². The molecule has 0 aliphatic rings. The van der Waals surface area contributed by atoms with E-state index in [0.717, 1.165) is 0 Å². The number of imidazole rings is 2. The first-order valence-electron chi connectivity index (χ1n) is 14.8. The number of nitrogens with zero attached hydrogens (tertiary/aromatic N) is 2. The number of hydrogen-bond acceptors (Lipinski definition) is 6. The molecular weight excluding hydrogens is 666 g/mol. The second-order valence-corrected chi connectivity index (χ2v) is 10.5. The third-order valence-electron chi connectivity index (χ3n) is 7.43. The Hall–Kier alpha value is -5.92. The van der Waals surface area contributed by atoms with E-state index in [9.17, 15) is 26.3 Å². The molecule has 6 aromatic rings. The minimum absolute atomic E-state index is 0.222. The molecular formula is C36H30F6N4O4. The van der Waals surface area contributed by atoms with Crippen molar-refractivity contribution in [2.24, 2.45) is 0 Å². The summed E-state index contributed by atoms with van der Waals surface area (Å²) >= 11 is 0. The van der Waals surface area contributed by atoms with Crippen molar-refractivity contribution in [3.05, 3.63) is 109 Å². The summed E-state index contributed by atoms with van der Waals surface area (Å²) in [5.41, 5.74) is 3.29. The molecule has 0 bridgehead atoms. The Morgan fingerprint density at radius 2 is 0.640 bits per heavy atom. The number of nitrogens with one attached hydrogen (secondary N) is 2. The SMILES string of the molecule is COc1ccc(-c2nc(C(F)(F)F)[nH]c2-c2ccc(OC)cc2)cc1.COc1ccc(-c2nc(C(F)(F)F)[nH]c2-c2ccc(OC)cc2)cc1. The predicted octanol–water partition coefficient (Wildman–Crippen LogP) is 9.56. The molecule has 0 atom stereocenters. The maximum atomic E-state index is 13.1. The number of halogens is 6. The van der Waals surface area contributed by atoms with Crippen LogP contribution in [0.4, 0.5) is 26.3 Å². The van der Waals surface area contributed by atoms with Gasteiger partial charge in [-0.3, -0.25) is 0 Å². The van der Waals surface area contributed by atoms with E-state index in [1.165, 1.54) is 28.4 Å². The van der Waals surface area contributed by atoms with Gasteiger partial charge in [0.2, 0.25) is 11.6 Å². The molecule has 2 aromatic heterocycles. The van der Waals surface area contributed by atoms with Crippen LogP contribution < -0.4 is 18.9 Å². The van der Waals surface area contributed by atoms with Crippen LogP contribution in [-0.2, 0) is 12.4 Å². The van der Waals surface area contributed by atoms with Crippen LogP contribution in [0.15, 0.2) is 97.1 Å². The van der Waals surface area contributed by atoms with Crippen molar-refractivity contribution in [2.75, 3.05) is 28.4 Å². The quantitative estimate of drug-likeness (QED) is 0.154. The fraction of sp³-hybridized carbons (Fsp3) is 0.167. The van der Waals surface area contributed by atoms with E-state index < -0.39 is 24.0 Å². The summed E-state index contributed by atoms with van der Waals surface area (Å²) in [6, 6.07) is 26.8. The smallest absolute Gasteiger partial charge is 0.449 e. The monoisotopic (exact) mass is 696 g/mol. The third kappa shape index (κ3) is 8.02. The van der Waals surface area contributed by atoms with Gasteiger partial charge in [-0.15, -0.1) is 0 Å². The van der Waals surface area contributed by atoms with Crippen molar-refractivity contribution in [1.29, 1.82) is 0 Å². The molecule has 6 rings (SSSR count). The van der Waals surface area contributed by atoms with Crippen LogP contribution in [0.5, 0.6) is 23.0 Å². The van der Waals surface area contributed by atoms with E-state index in [4.69, 9.17) is 18.9 Å². The van der Waals surface area contributed by atoms with E-state index in [1.807, 2.05) is 0 Å². The van der Waals surface area contributed by atoms with Gasteiger partial charge >= 0.3 is 12.4 Å². The first-order chi connectivity index (χ1) is 23.8. The number of aromatic nitrogens is 4. The van der Waals surface area contributed by atoms with Crippen molar-refractivity contribution in [3.63, 3.8) is 0 Å². The lowest BCUT2D eigenvalue weighted by molar-refractivity contribution is -0.145. The highest BCUT2D eigenvalue weighted by atomic mass is 19.4. The van der Waals surface area contributed by atoms with Crippen molar-refractivity contribution in [2.45, 2.75) is 12.4 Å².